The molecule has 7 nitrogen and oxygen atoms in total. The molecule has 0 aliphatic heterocycles. The molecule has 2 rings (SSSR count). The number of nitrogens with two attached hydrogens (primary N) is 1. The standard InChI is InChI=1S/C12H11FN4O3S/c13-9-4-8(6-15-7-9)12(18)16-10-2-1-3-11(5-10)17-21(14,19)20/h1-7,17H,(H,16,18)(H2,14,19,20). The number of nitrogens with zero attached hydrogens (tertiary/aromatic N) is 1. The summed E-state index contributed by atoms with van der Waals surface area (Å²) in [6.45, 7) is 0. The fourth-order valence-electron chi connectivity index (χ4n) is 1.56. The van der Waals surface area contributed by atoms with Gasteiger partial charge in [-0.15, -0.1) is 0 Å². The second-order valence-electron chi connectivity index (χ2n) is 4.07. The number of hydrogen-bond donors (Lipinski definition) is 3. The second-order valence-corrected chi connectivity index (χ2v) is 5.37. The largest absolute Gasteiger partial charge is 0.322 e. The van der Waals surface area contributed by atoms with Crippen LogP contribution in [0.15, 0.2) is 42.7 Å². The first-order valence-corrected chi connectivity index (χ1v) is 7.21. The Kier molecular flexibility index (Phi) is 4.15. The summed E-state index contributed by atoms with van der Waals surface area (Å²) in [4.78, 5) is 15.5. The lowest BCUT2D eigenvalue weighted by molar-refractivity contribution is 0.102. The van der Waals surface area contributed by atoms with E-state index < -0.39 is 21.9 Å². The van der Waals surface area contributed by atoms with Crippen molar-refractivity contribution in [2.24, 2.45) is 5.14 Å². The zero-order valence-corrected chi connectivity index (χ0v) is 11.4. The van der Waals surface area contributed by atoms with Crippen molar-refractivity contribution < 1.29 is 17.6 Å². The van der Waals surface area contributed by atoms with E-state index in [1.165, 1.54) is 24.4 Å². The van der Waals surface area contributed by atoms with E-state index in [0.717, 1.165) is 12.3 Å². The average Bonchev–Trinajstić information content (AvgIpc) is 2.37. The van der Waals surface area contributed by atoms with Crippen LogP contribution in [0.4, 0.5) is 15.8 Å². The normalized spacial score (nSPS) is 11.0. The number of benzene rings is 1. The molecule has 0 aliphatic rings. The maximum absolute atomic E-state index is 13.0. The van der Waals surface area contributed by atoms with E-state index >= 15 is 0 Å². The van der Waals surface area contributed by atoms with Crippen LogP contribution in [-0.4, -0.2) is 19.3 Å². The lowest BCUT2D eigenvalue weighted by Crippen LogP contribution is -2.21. The first-order valence-electron chi connectivity index (χ1n) is 5.66. The Labute approximate surface area is 120 Å². The highest BCUT2D eigenvalue weighted by Crippen LogP contribution is 2.16. The van der Waals surface area contributed by atoms with E-state index in [1.807, 2.05) is 0 Å². The van der Waals surface area contributed by atoms with Crippen molar-refractivity contribution in [2.75, 3.05) is 10.0 Å². The van der Waals surface area contributed by atoms with Crippen LogP contribution in [0.1, 0.15) is 10.4 Å². The van der Waals surface area contributed by atoms with Crippen LogP contribution in [0.2, 0.25) is 0 Å². The molecule has 1 aromatic carbocycles. The molecule has 4 N–H and O–H groups in total. The number of hydrogen-bond acceptors (Lipinski definition) is 4. The van der Waals surface area contributed by atoms with Gasteiger partial charge < -0.3 is 5.32 Å². The number of aromatic nitrogens is 1. The highest BCUT2D eigenvalue weighted by molar-refractivity contribution is 7.90. The zero-order chi connectivity index (χ0) is 15.5. The minimum Gasteiger partial charge on any atom is -0.322 e. The summed E-state index contributed by atoms with van der Waals surface area (Å²) < 4.78 is 36.9. The molecule has 0 radical (unpaired) electrons. The van der Waals surface area contributed by atoms with Gasteiger partial charge in [-0.25, -0.2) is 9.53 Å². The van der Waals surface area contributed by atoms with Crippen LogP contribution >= 0.6 is 0 Å². The SMILES string of the molecule is NS(=O)(=O)Nc1cccc(NC(=O)c2cncc(F)c2)c1. The molecule has 0 saturated heterocycles. The van der Waals surface area contributed by atoms with E-state index in [2.05, 4.69) is 15.0 Å². The van der Waals surface area contributed by atoms with E-state index in [9.17, 15) is 17.6 Å². The molecule has 110 valence electrons. The van der Waals surface area contributed by atoms with Crippen molar-refractivity contribution in [3.05, 3.63) is 54.1 Å². The number of rotatable bonds is 4. The van der Waals surface area contributed by atoms with Gasteiger partial charge in [0, 0.05) is 11.9 Å². The van der Waals surface area contributed by atoms with Crippen LogP contribution in [0.3, 0.4) is 0 Å². The van der Waals surface area contributed by atoms with Crippen molar-refractivity contribution >= 4 is 27.5 Å². The van der Waals surface area contributed by atoms with Gasteiger partial charge in [0.1, 0.15) is 5.82 Å². The number of carbonyl (C=O) groups is 1. The maximum atomic E-state index is 13.0. The predicted molar refractivity (Wildman–Crippen MR) is 75.3 cm³/mol. The molecular weight excluding hydrogens is 299 g/mol. The molecule has 0 spiro atoms. The van der Waals surface area contributed by atoms with Gasteiger partial charge in [-0.3, -0.25) is 14.5 Å². The molecule has 0 bridgehead atoms. The summed E-state index contributed by atoms with van der Waals surface area (Å²) in [6, 6.07) is 6.93. The molecule has 9 heteroatoms. The molecule has 0 aliphatic carbocycles. The Hall–Kier alpha value is -2.52. The number of halogens is 1. The molecule has 21 heavy (non-hydrogen) atoms. The third-order valence-corrected chi connectivity index (χ3v) is 2.87. The third-order valence-electron chi connectivity index (χ3n) is 2.35. The van der Waals surface area contributed by atoms with E-state index in [0.29, 0.717) is 5.69 Å². The molecule has 0 unspecified atom stereocenters. The third kappa shape index (κ3) is 4.51. The molecule has 1 heterocycles. The summed E-state index contributed by atoms with van der Waals surface area (Å²) in [7, 11) is -3.90. The lowest BCUT2D eigenvalue weighted by atomic mass is 10.2. The van der Waals surface area contributed by atoms with E-state index in [1.54, 1.807) is 6.07 Å². The zero-order valence-electron chi connectivity index (χ0n) is 10.6. The minimum absolute atomic E-state index is 0.0415. The van der Waals surface area contributed by atoms with Crippen LogP contribution in [-0.2, 0) is 10.2 Å². The Morgan fingerprint density at radius 1 is 1.19 bits per heavy atom. The van der Waals surface area contributed by atoms with Gasteiger partial charge in [0.15, 0.2) is 0 Å². The maximum Gasteiger partial charge on any atom is 0.296 e. The summed E-state index contributed by atoms with van der Waals surface area (Å²) >= 11 is 0. The minimum atomic E-state index is -3.90. The van der Waals surface area contributed by atoms with Gasteiger partial charge in [0.25, 0.3) is 16.1 Å². The van der Waals surface area contributed by atoms with Gasteiger partial charge in [-0.1, -0.05) is 6.07 Å². The topological polar surface area (TPSA) is 114 Å². The number of pyridine rings is 1. The molecule has 0 atom stereocenters. The van der Waals surface area contributed by atoms with Crippen LogP contribution < -0.4 is 15.2 Å². The molecule has 1 aromatic heterocycles. The summed E-state index contributed by atoms with van der Waals surface area (Å²) in [6.07, 6.45) is 2.19. The first kappa shape index (κ1) is 14.9. The van der Waals surface area contributed by atoms with Crippen molar-refractivity contribution in [1.82, 2.24) is 4.98 Å². The fraction of sp³-hybridized carbons (Fsp3) is 0. The second kappa shape index (κ2) is 5.85. The van der Waals surface area contributed by atoms with Crippen LogP contribution in [0.5, 0.6) is 0 Å². The molecule has 2 aromatic rings. The molecule has 0 fully saturated rings. The predicted octanol–water partition coefficient (Wildman–Crippen LogP) is 1.09. The number of carbonyl (C=O) groups excluding carboxylic acids is 1. The molecular formula is C12H11FN4O3S. The first-order chi connectivity index (χ1) is 9.83. The smallest absolute Gasteiger partial charge is 0.296 e. The van der Waals surface area contributed by atoms with Gasteiger partial charge in [0.05, 0.1) is 17.4 Å². The van der Waals surface area contributed by atoms with E-state index in [4.69, 9.17) is 5.14 Å². The van der Waals surface area contributed by atoms with Crippen molar-refractivity contribution in [3.8, 4) is 0 Å². The molecule has 1 amide bonds. The number of anilines is 2. The fourth-order valence-corrected chi connectivity index (χ4v) is 2.02. The highest BCUT2D eigenvalue weighted by atomic mass is 32.2. The van der Waals surface area contributed by atoms with Gasteiger partial charge in [-0.2, -0.15) is 8.42 Å². The van der Waals surface area contributed by atoms with Gasteiger partial charge in [0.2, 0.25) is 0 Å². The van der Waals surface area contributed by atoms with Crippen molar-refractivity contribution in [3.63, 3.8) is 0 Å². The number of nitrogens with one attached hydrogen (secondary N) is 2. The van der Waals surface area contributed by atoms with Gasteiger partial charge in [-0.05, 0) is 24.3 Å². The number of amides is 1. The summed E-state index contributed by atoms with van der Waals surface area (Å²) in [5.74, 6) is -1.21. The Bertz CT molecular complexity index is 780. The Morgan fingerprint density at radius 2 is 1.90 bits per heavy atom. The Balaban J connectivity index is 2.16. The monoisotopic (exact) mass is 310 g/mol. The summed E-state index contributed by atoms with van der Waals surface area (Å²) in [5.41, 5.74) is 0.547. The van der Waals surface area contributed by atoms with Crippen LogP contribution in [0, 0.1) is 5.82 Å². The van der Waals surface area contributed by atoms with E-state index in [-0.39, 0.29) is 11.3 Å². The highest BCUT2D eigenvalue weighted by Gasteiger charge is 2.09. The van der Waals surface area contributed by atoms with Crippen LogP contribution in [0.25, 0.3) is 0 Å². The van der Waals surface area contributed by atoms with Gasteiger partial charge >= 0.3 is 0 Å². The van der Waals surface area contributed by atoms with Crippen molar-refractivity contribution in [2.45, 2.75) is 0 Å². The molecule has 0 saturated carbocycles. The quantitative estimate of drug-likeness (QED) is 0.784. The Morgan fingerprint density at radius 3 is 2.57 bits per heavy atom. The lowest BCUT2D eigenvalue weighted by Gasteiger charge is -2.08. The average molecular weight is 310 g/mol. The summed E-state index contributed by atoms with van der Waals surface area (Å²) in [5, 5.41) is 7.34. The van der Waals surface area contributed by atoms with Crippen molar-refractivity contribution in [1.29, 1.82) is 0 Å².